The first-order valence-corrected chi connectivity index (χ1v) is 9.34. The maximum atomic E-state index is 12.9. The molecule has 1 atom stereocenters. The van der Waals surface area contributed by atoms with Crippen molar-refractivity contribution in [2.45, 2.75) is 18.3 Å². The lowest BCUT2D eigenvalue weighted by atomic mass is 9.79. The van der Waals surface area contributed by atoms with Crippen LogP contribution in [0.4, 0.5) is 5.82 Å². The van der Waals surface area contributed by atoms with Crippen LogP contribution < -0.4 is 5.32 Å². The van der Waals surface area contributed by atoms with Crippen molar-refractivity contribution in [3.63, 3.8) is 0 Å². The number of hydrogen-bond donors (Lipinski definition) is 1. The van der Waals surface area contributed by atoms with Crippen molar-refractivity contribution >= 4 is 22.6 Å². The molecule has 1 N–H and O–H groups in total. The molecule has 28 heavy (non-hydrogen) atoms. The maximum absolute atomic E-state index is 12.9. The predicted octanol–water partition coefficient (Wildman–Crippen LogP) is 3.68. The van der Waals surface area contributed by atoms with Gasteiger partial charge >= 0.3 is 0 Å². The normalized spacial score (nSPS) is 19.6. The number of rotatable bonds is 1. The fraction of sp³-hybridized carbons (Fsp3) is 0.130. The molecule has 0 saturated carbocycles. The van der Waals surface area contributed by atoms with Crippen molar-refractivity contribution < 1.29 is 4.79 Å². The Morgan fingerprint density at radius 2 is 1.71 bits per heavy atom. The second-order valence-corrected chi connectivity index (χ2v) is 7.51. The van der Waals surface area contributed by atoms with Crippen LogP contribution >= 0.6 is 0 Å². The molecule has 4 aromatic rings. The number of hydrogen-bond acceptors (Lipinski definition) is 4. The topological polar surface area (TPSA) is 67.8 Å². The minimum Gasteiger partial charge on any atom is -0.310 e. The fourth-order valence-electron chi connectivity index (χ4n) is 4.55. The molecule has 1 unspecified atom stereocenters. The molecular weight excluding hydrogens is 348 g/mol. The molecule has 1 aromatic carbocycles. The Hall–Kier alpha value is -3.60. The monoisotopic (exact) mass is 364 g/mol. The van der Waals surface area contributed by atoms with Crippen molar-refractivity contribution in [3.8, 4) is 11.4 Å². The van der Waals surface area contributed by atoms with E-state index in [-0.39, 0.29) is 5.91 Å². The van der Waals surface area contributed by atoms with E-state index in [0.717, 1.165) is 27.9 Å². The fourth-order valence-corrected chi connectivity index (χ4v) is 4.55. The lowest BCUT2D eigenvalue weighted by Crippen LogP contribution is -2.35. The first kappa shape index (κ1) is 15.5. The molecular formula is C23H16N4O. The van der Waals surface area contributed by atoms with Gasteiger partial charge in [-0.1, -0.05) is 18.2 Å². The van der Waals surface area contributed by atoms with Gasteiger partial charge in [-0.2, -0.15) is 0 Å². The van der Waals surface area contributed by atoms with Gasteiger partial charge in [-0.15, -0.1) is 0 Å². The average molecular weight is 364 g/mol. The number of benzene rings is 1. The summed E-state index contributed by atoms with van der Waals surface area (Å²) in [5.74, 6) is 0.740. The zero-order chi connectivity index (χ0) is 18.7. The predicted molar refractivity (Wildman–Crippen MR) is 107 cm³/mol. The Bertz CT molecular complexity index is 1270. The second-order valence-electron chi connectivity index (χ2n) is 7.51. The highest BCUT2D eigenvalue weighted by molar-refractivity contribution is 6.06. The molecule has 134 valence electrons. The van der Waals surface area contributed by atoms with Gasteiger partial charge in [0.05, 0.1) is 22.3 Å². The summed E-state index contributed by atoms with van der Waals surface area (Å²) in [6.45, 7) is 0. The summed E-state index contributed by atoms with van der Waals surface area (Å²) >= 11 is 0. The van der Waals surface area contributed by atoms with E-state index in [9.17, 15) is 4.79 Å². The van der Waals surface area contributed by atoms with E-state index in [0.29, 0.717) is 18.7 Å². The van der Waals surface area contributed by atoms with Gasteiger partial charge in [0.15, 0.2) is 0 Å². The summed E-state index contributed by atoms with van der Waals surface area (Å²) in [4.78, 5) is 26.4. The van der Waals surface area contributed by atoms with Crippen LogP contribution in [0.15, 0.2) is 67.0 Å². The molecule has 0 fully saturated rings. The molecule has 1 amide bonds. The number of carbonyl (C=O) groups is 1. The van der Waals surface area contributed by atoms with Crippen LogP contribution in [-0.4, -0.2) is 20.9 Å². The maximum Gasteiger partial charge on any atom is 0.237 e. The van der Waals surface area contributed by atoms with Crippen LogP contribution in [0.1, 0.15) is 16.7 Å². The summed E-state index contributed by atoms with van der Waals surface area (Å²) in [6.07, 6.45) is 4.87. The van der Waals surface area contributed by atoms with E-state index < -0.39 is 5.41 Å². The van der Waals surface area contributed by atoms with Crippen molar-refractivity contribution in [2.75, 3.05) is 5.32 Å². The third kappa shape index (κ3) is 2.07. The van der Waals surface area contributed by atoms with Crippen molar-refractivity contribution in [3.05, 3.63) is 83.7 Å². The van der Waals surface area contributed by atoms with Gasteiger partial charge in [0, 0.05) is 23.3 Å². The number of nitrogens with one attached hydrogen (secondary N) is 1. The first-order valence-electron chi connectivity index (χ1n) is 9.34. The van der Waals surface area contributed by atoms with Gasteiger partial charge in [0.1, 0.15) is 5.82 Å². The van der Waals surface area contributed by atoms with Gasteiger partial charge in [0.25, 0.3) is 0 Å². The largest absolute Gasteiger partial charge is 0.310 e. The molecule has 0 saturated heterocycles. The quantitative estimate of drug-likeness (QED) is 0.559. The van der Waals surface area contributed by atoms with Gasteiger partial charge < -0.3 is 5.32 Å². The van der Waals surface area contributed by atoms with E-state index in [2.05, 4.69) is 33.5 Å². The molecule has 2 aliphatic rings. The zero-order valence-electron chi connectivity index (χ0n) is 15.0. The van der Waals surface area contributed by atoms with Crippen LogP contribution in [-0.2, 0) is 23.1 Å². The highest BCUT2D eigenvalue weighted by atomic mass is 16.2. The number of aromatic nitrogens is 3. The molecule has 6 rings (SSSR count). The standard InChI is InChI=1S/C23H16N4O/c28-22-23(17-4-3-9-25-21(17)27-22)12-15-10-14-6-7-19(18-5-1-2-8-24-18)26-20(14)11-16(15)13-23/h1-11H,12-13H2,(H,25,27,28). The number of anilines is 1. The van der Waals surface area contributed by atoms with Crippen molar-refractivity contribution in [1.29, 1.82) is 0 Å². The van der Waals surface area contributed by atoms with Gasteiger partial charge in [-0.3, -0.25) is 9.78 Å². The Morgan fingerprint density at radius 3 is 2.57 bits per heavy atom. The molecule has 1 aliphatic carbocycles. The number of nitrogens with zero attached hydrogens (tertiary/aromatic N) is 3. The summed E-state index contributed by atoms with van der Waals surface area (Å²) in [6, 6.07) is 18.1. The highest BCUT2D eigenvalue weighted by Gasteiger charge is 2.51. The first-order chi connectivity index (χ1) is 13.7. The third-order valence-corrected chi connectivity index (χ3v) is 5.91. The van der Waals surface area contributed by atoms with Gasteiger partial charge in [-0.05, 0) is 60.4 Å². The van der Waals surface area contributed by atoms with Crippen LogP contribution in [0, 0.1) is 0 Å². The van der Waals surface area contributed by atoms with Crippen LogP contribution in [0.3, 0.4) is 0 Å². The Balaban J connectivity index is 1.47. The van der Waals surface area contributed by atoms with E-state index in [1.807, 2.05) is 36.4 Å². The minimum atomic E-state index is -0.548. The van der Waals surface area contributed by atoms with Gasteiger partial charge in [-0.25, -0.2) is 9.97 Å². The molecule has 1 aliphatic heterocycles. The number of fused-ring (bicyclic) bond motifs is 4. The summed E-state index contributed by atoms with van der Waals surface area (Å²) in [5, 5.41) is 4.05. The van der Waals surface area contributed by atoms with Crippen LogP contribution in [0.5, 0.6) is 0 Å². The van der Waals surface area contributed by atoms with E-state index >= 15 is 0 Å². The molecule has 5 nitrogen and oxygen atoms in total. The van der Waals surface area contributed by atoms with Crippen LogP contribution in [0.25, 0.3) is 22.3 Å². The average Bonchev–Trinajstić information content (AvgIpc) is 3.24. The number of amides is 1. The van der Waals surface area contributed by atoms with E-state index in [1.165, 1.54) is 11.1 Å². The molecule has 1 spiro atoms. The molecule has 3 aromatic heterocycles. The molecule has 4 heterocycles. The SMILES string of the molecule is O=C1Nc2ncccc2C12Cc1cc3ccc(-c4ccccn4)nc3cc1C2. The summed E-state index contributed by atoms with van der Waals surface area (Å²) in [7, 11) is 0. The van der Waals surface area contributed by atoms with Gasteiger partial charge in [0.2, 0.25) is 5.91 Å². The zero-order valence-corrected chi connectivity index (χ0v) is 15.0. The lowest BCUT2D eigenvalue weighted by Gasteiger charge is -2.20. The van der Waals surface area contributed by atoms with E-state index in [4.69, 9.17) is 4.98 Å². The molecule has 5 heteroatoms. The Labute approximate surface area is 161 Å². The molecule has 0 bridgehead atoms. The molecule has 0 radical (unpaired) electrons. The number of pyridine rings is 3. The second kappa shape index (κ2) is 5.45. The Kier molecular flexibility index (Phi) is 3.01. The summed E-state index contributed by atoms with van der Waals surface area (Å²) < 4.78 is 0. The lowest BCUT2D eigenvalue weighted by molar-refractivity contribution is -0.120. The van der Waals surface area contributed by atoms with Crippen molar-refractivity contribution in [2.24, 2.45) is 0 Å². The third-order valence-electron chi connectivity index (χ3n) is 5.91. The minimum absolute atomic E-state index is 0.0450. The smallest absolute Gasteiger partial charge is 0.237 e. The Morgan fingerprint density at radius 1 is 0.857 bits per heavy atom. The van der Waals surface area contributed by atoms with E-state index in [1.54, 1.807) is 12.4 Å². The highest BCUT2D eigenvalue weighted by Crippen LogP contribution is 2.47. The number of carbonyl (C=O) groups excluding carboxylic acids is 1. The van der Waals surface area contributed by atoms with Crippen LogP contribution in [0.2, 0.25) is 0 Å². The summed E-state index contributed by atoms with van der Waals surface area (Å²) in [5.41, 5.74) is 5.50. The van der Waals surface area contributed by atoms with Crippen molar-refractivity contribution in [1.82, 2.24) is 15.0 Å².